The van der Waals surface area contributed by atoms with Crippen LogP contribution in [0.4, 0.5) is 5.69 Å². The Balaban J connectivity index is 1.54. The summed E-state index contributed by atoms with van der Waals surface area (Å²) in [6.07, 6.45) is 1.81. The van der Waals surface area contributed by atoms with Gasteiger partial charge in [-0.1, -0.05) is 57.9 Å². The van der Waals surface area contributed by atoms with Crippen molar-refractivity contribution in [2.45, 2.75) is 13.1 Å². The molecule has 5 rings (SSSR count). The molecule has 0 N–H and O–H groups in total. The fourth-order valence-electron chi connectivity index (χ4n) is 3.60. The lowest BCUT2D eigenvalue weighted by atomic mass is 10.1. The van der Waals surface area contributed by atoms with Gasteiger partial charge in [0.05, 0.1) is 17.1 Å². The summed E-state index contributed by atoms with van der Waals surface area (Å²) in [6.45, 7) is 2.40. The van der Waals surface area contributed by atoms with Gasteiger partial charge in [0.2, 0.25) is 0 Å². The molecular formula is C20H15BrClN5. The maximum atomic E-state index is 6.39. The van der Waals surface area contributed by atoms with Crippen molar-refractivity contribution in [2.24, 2.45) is 0 Å². The molecule has 2 aromatic carbocycles. The van der Waals surface area contributed by atoms with Crippen molar-refractivity contribution in [3.05, 3.63) is 70.0 Å². The first-order valence-electron chi connectivity index (χ1n) is 8.67. The number of nitrogens with zero attached hydrogens (tertiary/aromatic N) is 5. The zero-order valence-corrected chi connectivity index (χ0v) is 16.7. The Kier molecular flexibility index (Phi) is 4.10. The van der Waals surface area contributed by atoms with Crippen molar-refractivity contribution >= 4 is 44.1 Å². The number of hydrogen-bond donors (Lipinski definition) is 0. The zero-order chi connectivity index (χ0) is 18.4. The zero-order valence-electron chi connectivity index (χ0n) is 14.3. The summed E-state index contributed by atoms with van der Waals surface area (Å²) in [6, 6.07) is 16.2. The molecule has 0 aliphatic carbocycles. The van der Waals surface area contributed by atoms with E-state index in [1.807, 2.05) is 36.5 Å². The molecule has 134 valence electrons. The second-order valence-electron chi connectivity index (χ2n) is 6.49. The first-order valence-corrected chi connectivity index (χ1v) is 9.84. The van der Waals surface area contributed by atoms with Crippen LogP contribution in [0.3, 0.4) is 0 Å². The molecule has 7 heteroatoms. The van der Waals surface area contributed by atoms with Crippen molar-refractivity contribution in [2.75, 3.05) is 11.4 Å². The minimum absolute atomic E-state index is 0.646. The van der Waals surface area contributed by atoms with Gasteiger partial charge in [-0.05, 0) is 18.2 Å². The Hall–Kier alpha value is -2.44. The molecule has 1 aliphatic rings. The molecule has 2 aromatic heterocycles. The van der Waals surface area contributed by atoms with Gasteiger partial charge < -0.3 is 9.47 Å². The van der Waals surface area contributed by atoms with Crippen molar-refractivity contribution in [3.8, 4) is 11.4 Å². The van der Waals surface area contributed by atoms with Crippen LogP contribution in [-0.4, -0.2) is 26.3 Å². The van der Waals surface area contributed by atoms with E-state index >= 15 is 0 Å². The minimum atomic E-state index is 0.646. The predicted octanol–water partition coefficient (Wildman–Crippen LogP) is 4.93. The average Bonchev–Trinajstić information content (AvgIpc) is 3.11. The Morgan fingerprint density at radius 3 is 2.70 bits per heavy atom. The quantitative estimate of drug-likeness (QED) is 0.443. The number of pyridine rings is 1. The smallest absolute Gasteiger partial charge is 0.164 e. The third-order valence-corrected chi connectivity index (χ3v) is 5.61. The molecule has 4 aromatic rings. The van der Waals surface area contributed by atoms with Crippen LogP contribution in [0, 0.1) is 0 Å². The SMILES string of the molecule is Clc1cc(Br)cc2c(N3CCn4c(nnc4-c4ccccc4)C3)ccnc12. The van der Waals surface area contributed by atoms with E-state index in [1.54, 1.807) is 0 Å². The van der Waals surface area contributed by atoms with Gasteiger partial charge in [0.25, 0.3) is 0 Å². The van der Waals surface area contributed by atoms with E-state index in [9.17, 15) is 0 Å². The van der Waals surface area contributed by atoms with Crippen LogP contribution in [0.5, 0.6) is 0 Å². The highest BCUT2D eigenvalue weighted by Crippen LogP contribution is 2.34. The molecule has 0 bridgehead atoms. The van der Waals surface area contributed by atoms with E-state index in [0.29, 0.717) is 11.6 Å². The Morgan fingerprint density at radius 1 is 1.00 bits per heavy atom. The molecule has 0 unspecified atom stereocenters. The summed E-state index contributed by atoms with van der Waals surface area (Å²) in [4.78, 5) is 6.76. The van der Waals surface area contributed by atoms with Gasteiger partial charge in [-0.25, -0.2) is 0 Å². The van der Waals surface area contributed by atoms with E-state index < -0.39 is 0 Å². The molecule has 27 heavy (non-hydrogen) atoms. The Morgan fingerprint density at radius 2 is 1.85 bits per heavy atom. The lowest BCUT2D eigenvalue weighted by Gasteiger charge is -2.30. The van der Waals surface area contributed by atoms with E-state index in [-0.39, 0.29) is 0 Å². The third kappa shape index (κ3) is 2.89. The number of aromatic nitrogens is 4. The maximum Gasteiger partial charge on any atom is 0.164 e. The fourth-order valence-corrected chi connectivity index (χ4v) is 4.46. The summed E-state index contributed by atoms with van der Waals surface area (Å²) in [5.74, 6) is 1.89. The van der Waals surface area contributed by atoms with Crippen LogP contribution in [-0.2, 0) is 13.1 Å². The van der Waals surface area contributed by atoms with Crippen LogP contribution in [0.15, 0.2) is 59.2 Å². The van der Waals surface area contributed by atoms with Crippen molar-refractivity contribution < 1.29 is 0 Å². The van der Waals surface area contributed by atoms with Crippen LogP contribution in [0.2, 0.25) is 5.02 Å². The highest BCUT2D eigenvalue weighted by atomic mass is 79.9. The first-order chi connectivity index (χ1) is 13.2. The summed E-state index contributed by atoms with van der Waals surface area (Å²) in [7, 11) is 0. The largest absolute Gasteiger partial charge is 0.362 e. The molecule has 0 radical (unpaired) electrons. The molecule has 0 saturated heterocycles. The number of hydrogen-bond acceptors (Lipinski definition) is 4. The Bertz CT molecular complexity index is 1140. The molecule has 0 spiro atoms. The number of fused-ring (bicyclic) bond motifs is 2. The molecule has 0 fully saturated rings. The third-order valence-electron chi connectivity index (χ3n) is 4.87. The van der Waals surface area contributed by atoms with E-state index in [0.717, 1.165) is 51.4 Å². The summed E-state index contributed by atoms with van der Waals surface area (Å²) >= 11 is 9.93. The van der Waals surface area contributed by atoms with Gasteiger partial charge in [0, 0.05) is 40.4 Å². The van der Waals surface area contributed by atoms with Crippen LogP contribution >= 0.6 is 27.5 Å². The molecule has 5 nitrogen and oxygen atoms in total. The van der Waals surface area contributed by atoms with Crippen LogP contribution in [0.1, 0.15) is 5.82 Å². The van der Waals surface area contributed by atoms with E-state index in [2.05, 4.69) is 58.8 Å². The van der Waals surface area contributed by atoms with Gasteiger partial charge in [-0.2, -0.15) is 0 Å². The molecule has 0 amide bonds. The highest BCUT2D eigenvalue weighted by molar-refractivity contribution is 9.10. The van der Waals surface area contributed by atoms with Crippen LogP contribution in [0.25, 0.3) is 22.3 Å². The van der Waals surface area contributed by atoms with E-state index in [1.165, 1.54) is 0 Å². The van der Waals surface area contributed by atoms with Gasteiger partial charge in [-0.3, -0.25) is 4.98 Å². The lowest BCUT2D eigenvalue weighted by Crippen LogP contribution is -2.34. The summed E-state index contributed by atoms with van der Waals surface area (Å²) in [5.41, 5.74) is 3.02. The van der Waals surface area contributed by atoms with Gasteiger partial charge in [0.15, 0.2) is 11.6 Å². The number of rotatable bonds is 2. The Labute approximate surface area is 169 Å². The monoisotopic (exact) mass is 439 g/mol. The molecule has 3 heterocycles. The maximum absolute atomic E-state index is 6.39. The number of halogens is 2. The topological polar surface area (TPSA) is 46.8 Å². The minimum Gasteiger partial charge on any atom is -0.362 e. The second kappa shape index (κ2) is 6.62. The standard InChI is InChI=1S/C20H15BrClN5/c21-14-10-15-17(6-7-23-19(15)16(22)11-14)26-8-9-27-18(12-26)24-25-20(27)13-4-2-1-3-5-13/h1-7,10-11H,8-9,12H2. The van der Waals surface area contributed by atoms with E-state index in [4.69, 9.17) is 11.6 Å². The molecular weight excluding hydrogens is 426 g/mol. The molecule has 0 saturated carbocycles. The van der Waals surface area contributed by atoms with Gasteiger partial charge in [0.1, 0.15) is 0 Å². The number of benzene rings is 2. The first kappa shape index (κ1) is 16.7. The van der Waals surface area contributed by atoms with Crippen molar-refractivity contribution in [1.82, 2.24) is 19.7 Å². The highest BCUT2D eigenvalue weighted by Gasteiger charge is 2.23. The molecule has 0 atom stereocenters. The summed E-state index contributed by atoms with van der Waals surface area (Å²) in [5, 5.41) is 10.6. The fraction of sp³-hybridized carbons (Fsp3) is 0.150. The lowest BCUT2D eigenvalue weighted by molar-refractivity contribution is 0.565. The average molecular weight is 441 g/mol. The number of anilines is 1. The van der Waals surface area contributed by atoms with Crippen LogP contribution < -0.4 is 4.90 Å². The van der Waals surface area contributed by atoms with Crippen molar-refractivity contribution in [1.29, 1.82) is 0 Å². The van der Waals surface area contributed by atoms with Crippen molar-refractivity contribution in [3.63, 3.8) is 0 Å². The van der Waals surface area contributed by atoms with Gasteiger partial charge >= 0.3 is 0 Å². The predicted molar refractivity (Wildman–Crippen MR) is 111 cm³/mol. The normalized spacial score (nSPS) is 13.8. The summed E-state index contributed by atoms with van der Waals surface area (Å²) < 4.78 is 3.15. The molecule has 1 aliphatic heterocycles. The second-order valence-corrected chi connectivity index (χ2v) is 7.82. The van der Waals surface area contributed by atoms with Gasteiger partial charge in [-0.15, -0.1) is 10.2 Å².